The maximum atomic E-state index is 10.3. The third-order valence-electron chi connectivity index (χ3n) is 8.02. The number of aryl methyl sites for hydroxylation is 1. The first-order valence-corrected chi connectivity index (χ1v) is 14.6. The van der Waals surface area contributed by atoms with Crippen molar-refractivity contribution in [1.82, 2.24) is 29.3 Å². The maximum Gasteiger partial charge on any atom is 0.290 e. The van der Waals surface area contributed by atoms with E-state index in [2.05, 4.69) is 31.4 Å². The van der Waals surface area contributed by atoms with Crippen molar-refractivity contribution in [2.75, 3.05) is 62.8 Å². The molecule has 2 aliphatic rings. The number of fused-ring (bicyclic) bond motifs is 1. The fraction of sp³-hybridized carbons (Fsp3) is 0.448. The van der Waals surface area contributed by atoms with Crippen molar-refractivity contribution in [1.29, 1.82) is 0 Å². The van der Waals surface area contributed by atoms with Gasteiger partial charge in [-0.3, -0.25) is 14.4 Å². The summed E-state index contributed by atoms with van der Waals surface area (Å²) in [6, 6.07) is 12.0. The number of piperidine rings is 1. The number of aliphatic hydroxyl groups is 1. The third-order valence-corrected chi connectivity index (χ3v) is 8.27. The lowest BCUT2D eigenvalue weighted by atomic mass is 9.73. The van der Waals surface area contributed by atoms with E-state index in [-0.39, 0.29) is 18.5 Å². The molecule has 42 heavy (non-hydrogen) atoms. The van der Waals surface area contributed by atoms with Gasteiger partial charge in [-0.25, -0.2) is 4.52 Å². The van der Waals surface area contributed by atoms with Crippen LogP contribution < -0.4 is 10.2 Å². The van der Waals surface area contributed by atoms with Crippen LogP contribution in [0.3, 0.4) is 0 Å². The van der Waals surface area contributed by atoms with E-state index in [0.717, 1.165) is 94.3 Å². The molecule has 0 bridgehead atoms. The number of aliphatic hydroxyl groups excluding tert-OH is 1. The molecular weight excluding hydrogens is 560 g/mol. The van der Waals surface area contributed by atoms with Gasteiger partial charge in [0.25, 0.3) is 6.47 Å². The molecule has 0 amide bonds. The van der Waals surface area contributed by atoms with E-state index < -0.39 is 0 Å². The molecule has 224 valence electrons. The van der Waals surface area contributed by atoms with Crippen molar-refractivity contribution in [3.05, 3.63) is 65.6 Å². The van der Waals surface area contributed by atoms with E-state index in [9.17, 15) is 5.11 Å². The van der Waals surface area contributed by atoms with Gasteiger partial charge in [0.1, 0.15) is 0 Å². The lowest BCUT2D eigenvalue weighted by molar-refractivity contribution is -0.122. The number of halogens is 1. The average molecular weight is 597 g/mol. The van der Waals surface area contributed by atoms with E-state index in [1.54, 1.807) is 0 Å². The van der Waals surface area contributed by atoms with Gasteiger partial charge in [-0.1, -0.05) is 23.7 Å². The van der Waals surface area contributed by atoms with Crippen molar-refractivity contribution < 1.29 is 19.7 Å². The summed E-state index contributed by atoms with van der Waals surface area (Å²) in [7, 11) is 0. The first-order chi connectivity index (χ1) is 20.5. The van der Waals surface area contributed by atoms with Gasteiger partial charge in [-0.2, -0.15) is 10.1 Å². The number of aromatic nitrogens is 5. The zero-order valence-corrected chi connectivity index (χ0v) is 24.2. The molecule has 12 nitrogen and oxygen atoms in total. The molecule has 3 N–H and O–H groups in total. The molecule has 0 spiro atoms. The number of hydrogen-bond acceptors (Lipinski definition) is 9. The molecule has 3 aromatic heterocycles. The highest BCUT2D eigenvalue weighted by molar-refractivity contribution is 6.30. The van der Waals surface area contributed by atoms with Crippen molar-refractivity contribution in [3.8, 4) is 0 Å². The van der Waals surface area contributed by atoms with Crippen molar-refractivity contribution >= 4 is 41.0 Å². The summed E-state index contributed by atoms with van der Waals surface area (Å²) in [6.07, 6.45) is 8.47. The molecule has 1 aromatic carbocycles. The van der Waals surface area contributed by atoms with E-state index in [1.807, 2.05) is 58.1 Å². The summed E-state index contributed by atoms with van der Waals surface area (Å²) < 4.78 is 9.21. The number of nitrogens with one attached hydrogen (secondary N) is 1. The fourth-order valence-electron chi connectivity index (χ4n) is 5.67. The Balaban J connectivity index is 0.00000113. The smallest absolute Gasteiger partial charge is 0.290 e. The zero-order chi connectivity index (χ0) is 29.4. The fourth-order valence-corrected chi connectivity index (χ4v) is 5.80. The monoisotopic (exact) mass is 596 g/mol. The lowest BCUT2D eigenvalue weighted by Gasteiger charge is -2.42. The molecule has 2 fully saturated rings. The van der Waals surface area contributed by atoms with Gasteiger partial charge in [0.05, 0.1) is 37.4 Å². The number of pyridine rings is 1. The van der Waals surface area contributed by atoms with Gasteiger partial charge in [0.15, 0.2) is 5.65 Å². The maximum absolute atomic E-state index is 10.3. The van der Waals surface area contributed by atoms with Gasteiger partial charge < -0.3 is 25.2 Å². The summed E-state index contributed by atoms with van der Waals surface area (Å²) in [5.41, 5.74) is 3.60. The number of rotatable bonds is 9. The summed E-state index contributed by atoms with van der Waals surface area (Å²) >= 11 is 6.10. The first-order valence-electron chi connectivity index (χ1n) is 14.2. The predicted octanol–water partition coefficient (Wildman–Crippen LogP) is 3.28. The second kappa shape index (κ2) is 14.0. The predicted molar refractivity (Wildman–Crippen MR) is 161 cm³/mol. The molecule has 2 aliphatic heterocycles. The Labute approximate surface area is 249 Å². The first kappa shape index (κ1) is 29.8. The van der Waals surface area contributed by atoms with E-state index in [4.69, 9.17) is 31.2 Å². The second-order valence-electron chi connectivity index (χ2n) is 10.6. The molecule has 6 rings (SSSR count). The average Bonchev–Trinajstić information content (AvgIpc) is 3.65. The minimum atomic E-state index is -0.255. The van der Waals surface area contributed by atoms with Crippen LogP contribution in [0.25, 0.3) is 5.65 Å². The number of carboxylic acid groups (broad SMARTS) is 1. The van der Waals surface area contributed by atoms with Crippen LogP contribution in [0.15, 0.2) is 55.0 Å². The van der Waals surface area contributed by atoms with Crippen molar-refractivity contribution in [3.63, 3.8) is 0 Å². The van der Waals surface area contributed by atoms with E-state index >= 15 is 0 Å². The minimum Gasteiger partial charge on any atom is -0.483 e. The summed E-state index contributed by atoms with van der Waals surface area (Å²) in [6.45, 7) is 7.09. The van der Waals surface area contributed by atoms with Crippen molar-refractivity contribution in [2.24, 2.45) is 0 Å². The van der Waals surface area contributed by atoms with Crippen LogP contribution in [-0.4, -0.2) is 98.5 Å². The normalized spacial score (nSPS) is 17.0. The topological polar surface area (TPSA) is 133 Å². The third kappa shape index (κ3) is 7.01. The van der Waals surface area contributed by atoms with Gasteiger partial charge >= 0.3 is 0 Å². The number of carbonyl (C=O) groups is 1. The summed E-state index contributed by atoms with van der Waals surface area (Å²) in [5, 5.41) is 30.4. The number of benzene rings is 1. The Morgan fingerprint density at radius 3 is 2.52 bits per heavy atom. The standard InChI is InChI=1S/C28H35ClN8O2.CH2O2/c29-23-6-4-22(5-7-23)28(21-38)8-13-35(14-9-28)25-3-1-12-37-26(25)32-27(33-37)31-24-19-30-36(20-24)11-2-10-34-15-17-39-18-16-34;2-1-3/h1,3-7,12,19-20,38H,2,8-11,13-18,21H2,(H,31,33);1H,(H,2,3). The lowest BCUT2D eigenvalue weighted by Crippen LogP contribution is -2.45. The van der Waals surface area contributed by atoms with Crippen LogP contribution in [0.4, 0.5) is 17.3 Å². The van der Waals surface area contributed by atoms with Gasteiger partial charge in [-0.05, 0) is 49.1 Å². The summed E-state index contributed by atoms with van der Waals surface area (Å²) in [5.74, 6) is 0.540. The Kier molecular flexibility index (Phi) is 9.90. The number of anilines is 3. The van der Waals surface area contributed by atoms with Crippen LogP contribution in [0.2, 0.25) is 5.02 Å². The molecule has 0 aliphatic carbocycles. The highest BCUT2D eigenvalue weighted by Gasteiger charge is 2.36. The van der Waals surface area contributed by atoms with Crippen LogP contribution in [-0.2, 0) is 21.5 Å². The van der Waals surface area contributed by atoms with Crippen LogP contribution >= 0.6 is 11.6 Å². The van der Waals surface area contributed by atoms with Crippen molar-refractivity contribution in [2.45, 2.75) is 31.2 Å². The molecule has 5 heterocycles. The molecular formula is C29H37ClN8O4. The number of nitrogens with zero attached hydrogens (tertiary/aromatic N) is 7. The highest BCUT2D eigenvalue weighted by atomic mass is 35.5. The number of ether oxygens (including phenoxy) is 1. The molecule has 0 radical (unpaired) electrons. The van der Waals surface area contributed by atoms with Crippen LogP contribution in [0, 0.1) is 0 Å². The molecule has 0 unspecified atom stereocenters. The van der Waals surface area contributed by atoms with Gasteiger partial charge in [-0.15, -0.1) is 5.10 Å². The molecule has 13 heteroatoms. The Hall–Kier alpha value is -3.71. The van der Waals surface area contributed by atoms with E-state index in [1.165, 1.54) is 0 Å². The SMILES string of the molecule is O=CO.OCC1(c2ccc(Cl)cc2)CCN(c2cccn3nc(Nc4cnn(CCCN5CCOCC5)c4)nc23)CC1. The summed E-state index contributed by atoms with van der Waals surface area (Å²) in [4.78, 5) is 18.0. The quantitative estimate of drug-likeness (QED) is 0.247. The molecule has 0 saturated carbocycles. The number of hydrogen-bond donors (Lipinski definition) is 3. The zero-order valence-electron chi connectivity index (χ0n) is 23.5. The Morgan fingerprint density at radius 2 is 1.81 bits per heavy atom. The van der Waals surface area contributed by atoms with E-state index in [0.29, 0.717) is 11.0 Å². The molecule has 0 atom stereocenters. The van der Waals surface area contributed by atoms with Gasteiger partial charge in [0, 0.05) is 62.1 Å². The minimum absolute atomic E-state index is 0.118. The Bertz CT molecular complexity index is 1430. The highest BCUT2D eigenvalue weighted by Crippen LogP contribution is 2.38. The second-order valence-corrected chi connectivity index (χ2v) is 11.0. The largest absolute Gasteiger partial charge is 0.483 e. The Morgan fingerprint density at radius 1 is 1.07 bits per heavy atom. The van der Waals surface area contributed by atoms with Crippen LogP contribution in [0.5, 0.6) is 0 Å². The number of morpholine rings is 1. The molecule has 4 aromatic rings. The van der Waals surface area contributed by atoms with Crippen LogP contribution in [0.1, 0.15) is 24.8 Å². The van der Waals surface area contributed by atoms with Gasteiger partial charge in [0.2, 0.25) is 5.95 Å². The molecule has 2 saturated heterocycles.